The molecule has 1 fully saturated rings. The minimum Gasteiger partial charge on any atom is -0.497 e. The van der Waals surface area contributed by atoms with Crippen LogP contribution < -0.4 is 10.1 Å². The van der Waals surface area contributed by atoms with E-state index in [0.717, 1.165) is 17.1 Å². The molecule has 218 valence electrons. The van der Waals surface area contributed by atoms with Crippen molar-refractivity contribution in [1.29, 1.82) is 0 Å². The van der Waals surface area contributed by atoms with Crippen molar-refractivity contribution >= 4 is 17.8 Å². The van der Waals surface area contributed by atoms with Gasteiger partial charge in [-0.05, 0) is 23.8 Å². The number of piperidine rings is 1. The zero-order valence-corrected chi connectivity index (χ0v) is 21.9. The summed E-state index contributed by atoms with van der Waals surface area (Å²) in [5.74, 6) is -1.43. The van der Waals surface area contributed by atoms with Crippen molar-refractivity contribution in [3.63, 3.8) is 0 Å². The fraction of sp³-hybridized carbons (Fsp3) is 0.385. The molecule has 3 aromatic rings. The molecule has 15 heteroatoms. The molecule has 0 bridgehead atoms. The van der Waals surface area contributed by atoms with E-state index in [-0.39, 0.29) is 11.8 Å². The van der Waals surface area contributed by atoms with Gasteiger partial charge in [-0.3, -0.25) is 9.59 Å². The number of likely N-dealkylation sites (tertiary alicyclic amines) is 1. The molecule has 1 unspecified atom stereocenters. The molecule has 2 aliphatic heterocycles. The summed E-state index contributed by atoms with van der Waals surface area (Å²) >= 11 is 0. The molecule has 1 aromatic carbocycles. The van der Waals surface area contributed by atoms with Crippen molar-refractivity contribution in [3.8, 4) is 5.75 Å². The highest BCUT2D eigenvalue weighted by molar-refractivity contribution is 5.93. The standard InChI is InChI=1S/C24H26N6O4.C2HF3O2/c1-33-19-4-2-17(3-5-19)14-26-21(31)20-16-30-13-10-25-23(30)24(34-20)7-11-29(12-8-24)22(32)18-6-9-27-28-15-18;3-2(4,5)1(6)7/h2-6,9-10,13,15,20H,7-8,11-12,14,16H2,1H3,(H,26,31);(H,6,7). The number of ether oxygens (including phenoxy) is 2. The molecule has 2 aliphatic rings. The van der Waals surface area contributed by atoms with Crippen molar-refractivity contribution < 1.29 is 42.1 Å². The van der Waals surface area contributed by atoms with Crippen LogP contribution in [0.15, 0.2) is 55.1 Å². The van der Waals surface area contributed by atoms with Crippen LogP contribution in [-0.2, 0) is 33.0 Å². The van der Waals surface area contributed by atoms with Gasteiger partial charge in [0.25, 0.3) is 11.8 Å². The number of imidazole rings is 1. The molecule has 2 aromatic heterocycles. The van der Waals surface area contributed by atoms with Crippen LogP contribution in [-0.4, -0.2) is 80.0 Å². The van der Waals surface area contributed by atoms with Crippen LogP contribution in [0.3, 0.4) is 0 Å². The first-order valence-corrected chi connectivity index (χ1v) is 12.5. The summed E-state index contributed by atoms with van der Waals surface area (Å²) in [5, 5.41) is 17.6. The van der Waals surface area contributed by atoms with Gasteiger partial charge in [0.1, 0.15) is 17.2 Å². The van der Waals surface area contributed by atoms with Crippen LogP contribution >= 0.6 is 0 Å². The summed E-state index contributed by atoms with van der Waals surface area (Å²) < 4.78 is 45.4. The molecule has 2 amide bonds. The highest BCUT2D eigenvalue weighted by atomic mass is 19.4. The van der Waals surface area contributed by atoms with Crippen molar-refractivity contribution in [1.82, 2.24) is 30.0 Å². The van der Waals surface area contributed by atoms with Crippen molar-refractivity contribution in [2.45, 2.75) is 43.8 Å². The van der Waals surface area contributed by atoms with Gasteiger partial charge in [-0.25, -0.2) is 9.78 Å². The normalized spacial score (nSPS) is 17.6. The lowest BCUT2D eigenvalue weighted by Crippen LogP contribution is -2.54. The second-order valence-corrected chi connectivity index (χ2v) is 9.30. The highest BCUT2D eigenvalue weighted by Gasteiger charge is 2.47. The number of fused-ring (bicyclic) bond motifs is 2. The first kappa shape index (κ1) is 29.5. The number of hydrogen-bond donors (Lipinski definition) is 2. The Morgan fingerprint density at radius 2 is 1.80 bits per heavy atom. The number of carboxylic acids is 1. The molecule has 0 saturated carbocycles. The Morgan fingerprint density at radius 3 is 2.39 bits per heavy atom. The molecule has 5 rings (SSSR count). The summed E-state index contributed by atoms with van der Waals surface area (Å²) in [5.41, 5.74) is 0.769. The summed E-state index contributed by atoms with van der Waals surface area (Å²) in [6.07, 6.45) is 1.97. The van der Waals surface area contributed by atoms with Crippen LogP contribution in [0.4, 0.5) is 13.2 Å². The topological polar surface area (TPSA) is 149 Å². The monoisotopic (exact) mass is 576 g/mol. The molecular weight excluding hydrogens is 549 g/mol. The van der Waals surface area contributed by atoms with E-state index < -0.39 is 23.9 Å². The predicted molar refractivity (Wildman–Crippen MR) is 134 cm³/mol. The van der Waals surface area contributed by atoms with Crippen LogP contribution in [0.2, 0.25) is 0 Å². The van der Waals surface area contributed by atoms with Gasteiger partial charge in [0, 0.05) is 44.9 Å². The predicted octanol–water partition coefficient (Wildman–Crippen LogP) is 2.16. The molecule has 12 nitrogen and oxygen atoms in total. The van der Waals surface area contributed by atoms with E-state index in [4.69, 9.17) is 19.4 Å². The van der Waals surface area contributed by atoms with Gasteiger partial charge >= 0.3 is 12.1 Å². The van der Waals surface area contributed by atoms with E-state index >= 15 is 0 Å². The van der Waals surface area contributed by atoms with Gasteiger partial charge in [-0.1, -0.05) is 12.1 Å². The van der Waals surface area contributed by atoms with Gasteiger partial charge in [0.15, 0.2) is 6.10 Å². The Kier molecular flexibility index (Phi) is 8.86. The van der Waals surface area contributed by atoms with Crippen LogP contribution in [0.5, 0.6) is 5.75 Å². The number of halogens is 3. The smallest absolute Gasteiger partial charge is 0.490 e. The Bertz CT molecular complexity index is 1360. The molecule has 0 radical (unpaired) electrons. The van der Waals surface area contributed by atoms with E-state index in [0.29, 0.717) is 44.6 Å². The number of aromatic nitrogens is 4. The summed E-state index contributed by atoms with van der Waals surface area (Å²) in [4.78, 5) is 41.1. The quantitative estimate of drug-likeness (QED) is 0.466. The molecule has 0 aliphatic carbocycles. The number of nitrogens with one attached hydrogen (secondary N) is 1. The molecule has 1 saturated heterocycles. The average Bonchev–Trinajstić information content (AvgIpc) is 3.46. The summed E-state index contributed by atoms with van der Waals surface area (Å²) in [6.45, 7) is 1.79. The fourth-order valence-corrected chi connectivity index (χ4v) is 4.59. The van der Waals surface area contributed by atoms with E-state index in [1.54, 1.807) is 24.3 Å². The number of carboxylic acid groups (broad SMARTS) is 1. The number of carbonyl (C=O) groups is 3. The van der Waals surface area contributed by atoms with Gasteiger partial charge in [-0.15, -0.1) is 0 Å². The fourth-order valence-electron chi connectivity index (χ4n) is 4.59. The van der Waals surface area contributed by atoms with E-state index in [1.807, 2.05) is 35.0 Å². The molecular formula is C26H27F3N6O6. The van der Waals surface area contributed by atoms with Crippen LogP contribution in [0.25, 0.3) is 0 Å². The lowest BCUT2D eigenvalue weighted by Gasteiger charge is -2.45. The number of aliphatic carboxylic acids is 1. The number of alkyl halides is 3. The van der Waals surface area contributed by atoms with E-state index in [1.165, 1.54) is 12.4 Å². The number of benzene rings is 1. The maximum Gasteiger partial charge on any atom is 0.490 e. The number of carbonyl (C=O) groups excluding carboxylic acids is 2. The Balaban J connectivity index is 0.000000493. The van der Waals surface area contributed by atoms with Gasteiger partial charge in [0.05, 0.1) is 31.6 Å². The molecule has 1 spiro atoms. The second kappa shape index (κ2) is 12.3. The Hall–Kier alpha value is -4.53. The Labute approximate surface area is 232 Å². The largest absolute Gasteiger partial charge is 0.497 e. The average molecular weight is 577 g/mol. The van der Waals surface area contributed by atoms with Gasteiger partial charge < -0.3 is 29.4 Å². The lowest BCUT2D eigenvalue weighted by atomic mass is 9.88. The minimum atomic E-state index is -5.08. The number of methoxy groups -OCH3 is 1. The highest BCUT2D eigenvalue weighted by Crippen LogP contribution is 2.40. The zero-order valence-electron chi connectivity index (χ0n) is 21.9. The minimum absolute atomic E-state index is 0.0855. The van der Waals surface area contributed by atoms with Gasteiger partial charge in [-0.2, -0.15) is 23.4 Å². The van der Waals surface area contributed by atoms with Crippen molar-refractivity contribution in [3.05, 3.63) is 72.1 Å². The van der Waals surface area contributed by atoms with E-state index in [9.17, 15) is 22.8 Å². The number of hydrogen-bond acceptors (Lipinski definition) is 8. The molecule has 41 heavy (non-hydrogen) atoms. The zero-order chi connectivity index (χ0) is 29.6. The van der Waals surface area contributed by atoms with E-state index in [2.05, 4.69) is 20.5 Å². The first-order valence-electron chi connectivity index (χ1n) is 12.5. The number of nitrogens with zero attached hydrogens (tertiary/aromatic N) is 5. The summed E-state index contributed by atoms with van der Waals surface area (Å²) in [7, 11) is 1.62. The molecule has 1 atom stereocenters. The third-order valence-corrected chi connectivity index (χ3v) is 6.70. The second-order valence-electron chi connectivity index (χ2n) is 9.30. The number of rotatable bonds is 5. The summed E-state index contributed by atoms with van der Waals surface area (Å²) in [6, 6.07) is 9.22. The number of amides is 2. The van der Waals surface area contributed by atoms with Crippen molar-refractivity contribution in [2.75, 3.05) is 20.2 Å². The molecule has 2 N–H and O–H groups in total. The third-order valence-electron chi connectivity index (χ3n) is 6.70. The van der Waals surface area contributed by atoms with Crippen LogP contribution in [0.1, 0.15) is 34.6 Å². The Morgan fingerprint density at radius 1 is 1.12 bits per heavy atom. The maximum atomic E-state index is 13.0. The lowest BCUT2D eigenvalue weighted by molar-refractivity contribution is -0.192. The third kappa shape index (κ3) is 6.98. The van der Waals surface area contributed by atoms with Gasteiger partial charge in [0.2, 0.25) is 0 Å². The SMILES string of the molecule is COc1ccc(CNC(=O)C2Cn3ccnc3C3(CCN(C(=O)c4ccnnc4)CC3)O2)cc1.O=C(O)C(F)(F)F. The van der Waals surface area contributed by atoms with Crippen molar-refractivity contribution in [2.24, 2.45) is 0 Å². The molecule has 4 heterocycles. The van der Waals surface area contributed by atoms with Crippen LogP contribution in [0, 0.1) is 0 Å². The maximum absolute atomic E-state index is 13.0. The first-order chi connectivity index (χ1) is 19.5.